The molecule has 1 aliphatic rings. The lowest BCUT2D eigenvalue weighted by atomic mass is 10.0. The van der Waals surface area contributed by atoms with E-state index in [1.807, 2.05) is 20.0 Å². The Bertz CT molecular complexity index is 346. The molecule has 1 aromatic heterocycles. The summed E-state index contributed by atoms with van der Waals surface area (Å²) in [6.45, 7) is 6.16. The largest absolute Gasteiger partial charge is 0.389 e. The molecular formula is C11H17N3O. The van der Waals surface area contributed by atoms with Crippen LogP contribution in [0.2, 0.25) is 0 Å². The van der Waals surface area contributed by atoms with Crippen LogP contribution in [-0.4, -0.2) is 38.7 Å². The van der Waals surface area contributed by atoms with Crippen LogP contribution in [0.4, 0.5) is 0 Å². The minimum absolute atomic E-state index is 0.634. The summed E-state index contributed by atoms with van der Waals surface area (Å²) in [5, 5.41) is 9.74. The van der Waals surface area contributed by atoms with Gasteiger partial charge in [0.05, 0.1) is 11.3 Å². The Morgan fingerprint density at radius 1 is 1.53 bits per heavy atom. The molecule has 0 amide bonds. The van der Waals surface area contributed by atoms with Crippen LogP contribution in [-0.2, 0) is 13.0 Å². The fourth-order valence-electron chi connectivity index (χ4n) is 1.99. The van der Waals surface area contributed by atoms with Crippen LogP contribution in [0.15, 0.2) is 12.5 Å². The third kappa shape index (κ3) is 2.73. The zero-order chi connectivity index (χ0) is 10.9. The quantitative estimate of drug-likeness (QED) is 0.771. The first-order valence-electron chi connectivity index (χ1n) is 5.27. The predicted octanol–water partition coefficient (Wildman–Crippen LogP) is 0.606. The van der Waals surface area contributed by atoms with Crippen molar-refractivity contribution < 1.29 is 5.11 Å². The summed E-state index contributed by atoms with van der Waals surface area (Å²) in [6, 6.07) is 0. The molecule has 2 rings (SSSR count). The highest BCUT2D eigenvalue weighted by Crippen LogP contribution is 2.17. The summed E-state index contributed by atoms with van der Waals surface area (Å²) < 4.78 is 0. The predicted molar refractivity (Wildman–Crippen MR) is 57.3 cm³/mol. The van der Waals surface area contributed by atoms with Gasteiger partial charge in [-0.15, -0.1) is 0 Å². The third-order valence-corrected chi connectivity index (χ3v) is 2.56. The minimum atomic E-state index is -0.634. The Kier molecular flexibility index (Phi) is 2.71. The van der Waals surface area contributed by atoms with Crippen LogP contribution >= 0.6 is 0 Å². The Balaban J connectivity index is 2.06. The van der Waals surface area contributed by atoms with Crippen LogP contribution in [0.1, 0.15) is 25.1 Å². The topological polar surface area (TPSA) is 49.2 Å². The van der Waals surface area contributed by atoms with Gasteiger partial charge in [0.15, 0.2) is 0 Å². The molecule has 0 saturated heterocycles. The maximum atomic E-state index is 9.74. The van der Waals surface area contributed by atoms with Crippen LogP contribution in [0, 0.1) is 0 Å². The van der Waals surface area contributed by atoms with Crippen molar-refractivity contribution in [1.29, 1.82) is 0 Å². The van der Waals surface area contributed by atoms with E-state index in [9.17, 15) is 5.11 Å². The molecule has 0 radical (unpaired) electrons. The molecule has 0 unspecified atom stereocenters. The monoisotopic (exact) mass is 207 g/mol. The molecule has 0 aromatic carbocycles. The second kappa shape index (κ2) is 3.87. The first-order valence-corrected chi connectivity index (χ1v) is 5.27. The van der Waals surface area contributed by atoms with Crippen molar-refractivity contribution in [2.45, 2.75) is 32.4 Å². The van der Waals surface area contributed by atoms with Crippen molar-refractivity contribution in [1.82, 2.24) is 14.9 Å². The lowest BCUT2D eigenvalue weighted by Crippen LogP contribution is -2.41. The van der Waals surface area contributed by atoms with Gasteiger partial charge in [-0.1, -0.05) is 0 Å². The standard InChI is InChI=1S/C11H17N3O/c1-11(2,15)7-14-4-3-9-5-12-8-13-10(9)6-14/h5,8,15H,3-4,6-7H2,1-2H3. The molecule has 0 aliphatic carbocycles. The van der Waals surface area contributed by atoms with Crippen molar-refractivity contribution in [2.75, 3.05) is 13.1 Å². The highest BCUT2D eigenvalue weighted by atomic mass is 16.3. The molecule has 1 N–H and O–H groups in total. The van der Waals surface area contributed by atoms with Crippen LogP contribution in [0.25, 0.3) is 0 Å². The second-order valence-electron chi connectivity index (χ2n) is 4.77. The molecule has 2 heterocycles. The zero-order valence-electron chi connectivity index (χ0n) is 9.27. The molecule has 15 heavy (non-hydrogen) atoms. The Hall–Kier alpha value is -1.00. The van der Waals surface area contributed by atoms with E-state index in [0.717, 1.165) is 25.2 Å². The van der Waals surface area contributed by atoms with Crippen LogP contribution < -0.4 is 0 Å². The number of rotatable bonds is 2. The van der Waals surface area contributed by atoms with Gasteiger partial charge in [-0.2, -0.15) is 0 Å². The number of nitrogens with zero attached hydrogens (tertiary/aromatic N) is 3. The van der Waals surface area contributed by atoms with Gasteiger partial charge in [0, 0.05) is 25.8 Å². The minimum Gasteiger partial charge on any atom is -0.389 e. The SMILES string of the molecule is CC(C)(O)CN1CCc2cncnc2C1. The Labute approximate surface area is 90.0 Å². The fourth-order valence-corrected chi connectivity index (χ4v) is 1.99. The third-order valence-electron chi connectivity index (χ3n) is 2.56. The van der Waals surface area contributed by atoms with Crippen molar-refractivity contribution in [3.8, 4) is 0 Å². The molecule has 1 aliphatic heterocycles. The summed E-state index contributed by atoms with van der Waals surface area (Å²) in [5.74, 6) is 0. The van der Waals surface area contributed by atoms with Gasteiger partial charge in [-0.05, 0) is 25.8 Å². The molecule has 0 saturated carbocycles. The van der Waals surface area contributed by atoms with Gasteiger partial charge >= 0.3 is 0 Å². The summed E-state index contributed by atoms with van der Waals surface area (Å²) in [7, 11) is 0. The highest BCUT2D eigenvalue weighted by Gasteiger charge is 2.22. The number of hydrogen-bond acceptors (Lipinski definition) is 4. The number of β-amino-alcohol motifs (C(OH)–C–C–N with tert-alkyl or cyclic N) is 1. The van der Waals surface area contributed by atoms with Gasteiger partial charge in [0.2, 0.25) is 0 Å². The van der Waals surface area contributed by atoms with Crippen molar-refractivity contribution >= 4 is 0 Å². The molecule has 0 bridgehead atoms. The van der Waals surface area contributed by atoms with E-state index in [-0.39, 0.29) is 0 Å². The van der Waals surface area contributed by atoms with Gasteiger partial charge < -0.3 is 5.11 Å². The summed E-state index contributed by atoms with van der Waals surface area (Å²) in [6.07, 6.45) is 4.46. The van der Waals surface area contributed by atoms with E-state index in [4.69, 9.17) is 0 Å². The maximum absolute atomic E-state index is 9.74. The fraction of sp³-hybridized carbons (Fsp3) is 0.636. The average molecular weight is 207 g/mol. The Morgan fingerprint density at radius 3 is 3.07 bits per heavy atom. The van der Waals surface area contributed by atoms with E-state index < -0.39 is 5.60 Å². The first-order chi connectivity index (χ1) is 7.04. The van der Waals surface area contributed by atoms with Gasteiger partial charge in [0.1, 0.15) is 6.33 Å². The molecule has 0 fully saturated rings. The first kappa shape index (κ1) is 10.5. The van der Waals surface area contributed by atoms with Crippen LogP contribution in [0.5, 0.6) is 0 Å². The number of aliphatic hydroxyl groups is 1. The van der Waals surface area contributed by atoms with E-state index in [1.165, 1.54) is 5.56 Å². The molecule has 0 spiro atoms. The van der Waals surface area contributed by atoms with Gasteiger partial charge in [0.25, 0.3) is 0 Å². The molecular weight excluding hydrogens is 190 g/mol. The van der Waals surface area contributed by atoms with Crippen LogP contribution in [0.3, 0.4) is 0 Å². The number of hydrogen-bond donors (Lipinski definition) is 1. The second-order valence-corrected chi connectivity index (χ2v) is 4.77. The van der Waals surface area contributed by atoms with E-state index in [1.54, 1.807) is 6.33 Å². The maximum Gasteiger partial charge on any atom is 0.115 e. The van der Waals surface area contributed by atoms with Crippen molar-refractivity contribution in [3.63, 3.8) is 0 Å². The normalized spacial score (nSPS) is 17.5. The lowest BCUT2D eigenvalue weighted by molar-refractivity contribution is 0.0312. The van der Waals surface area contributed by atoms with Crippen molar-refractivity contribution in [3.05, 3.63) is 23.8 Å². The molecule has 0 atom stereocenters. The Morgan fingerprint density at radius 2 is 2.33 bits per heavy atom. The zero-order valence-corrected chi connectivity index (χ0v) is 9.27. The van der Waals surface area contributed by atoms with E-state index in [2.05, 4.69) is 14.9 Å². The number of aromatic nitrogens is 2. The van der Waals surface area contributed by atoms with Crippen molar-refractivity contribution in [2.24, 2.45) is 0 Å². The van der Waals surface area contributed by atoms with E-state index in [0.29, 0.717) is 6.54 Å². The average Bonchev–Trinajstić information content (AvgIpc) is 2.15. The molecule has 1 aromatic rings. The summed E-state index contributed by atoms with van der Waals surface area (Å²) >= 11 is 0. The lowest BCUT2D eigenvalue weighted by Gasteiger charge is -2.32. The van der Waals surface area contributed by atoms with Gasteiger partial charge in [-0.3, -0.25) is 4.90 Å². The summed E-state index contributed by atoms with van der Waals surface area (Å²) in [5.41, 5.74) is 1.70. The summed E-state index contributed by atoms with van der Waals surface area (Å²) in [4.78, 5) is 10.5. The number of fused-ring (bicyclic) bond motifs is 1. The van der Waals surface area contributed by atoms with E-state index >= 15 is 0 Å². The smallest absolute Gasteiger partial charge is 0.115 e. The highest BCUT2D eigenvalue weighted by molar-refractivity contribution is 5.18. The molecule has 4 heteroatoms. The molecule has 4 nitrogen and oxygen atoms in total. The molecule has 82 valence electrons. The van der Waals surface area contributed by atoms with Gasteiger partial charge in [-0.25, -0.2) is 9.97 Å².